The average molecular weight is 612 g/mol. The molecule has 244 valence electrons. The predicted octanol–water partition coefficient (Wildman–Crippen LogP) is 6.49. The first-order valence-corrected chi connectivity index (χ1v) is 15.0. The molecule has 0 radical (unpaired) electrons. The van der Waals surface area contributed by atoms with Crippen molar-refractivity contribution < 1.29 is 52.3 Å². The van der Waals surface area contributed by atoms with Crippen LogP contribution in [0.2, 0.25) is 0 Å². The summed E-state index contributed by atoms with van der Waals surface area (Å²) in [4.78, 5) is 49.6. The molecule has 1 aromatic carbocycles. The van der Waals surface area contributed by atoms with Gasteiger partial charge in [-0.3, -0.25) is 4.79 Å². The first-order valence-electron chi connectivity index (χ1n) is 15.0. The van der Waals surface area contributed by atoms with Crippen LogP contribution in [0.3, 0.4) is 0 Å². The van der Waals surface area contributed by atoms with E-state index in [2.05, 4.69) is 0 Å². The topological polar surface area (TPSA) is 159 Å². The molecule has 0 aliphatic rings. The molecule has 0 bridgehead atoms. The molecule has 0 spiro atoms. The Bertz CT molecular complexity index is 1020. The maximum atomic E-state index is 12.8. The van der Waals surface area contributed by atoms with Crippen molar-refractivity contribution in [2.75, 3.05) is 26.9 Å². The van der Waals surface area contributed by atoms with Crippen LogP contribution in [-0.2, 0) is 34.9 Å². The smallest absolute Gasteiger partial charge is 0.468 e. The Hall–Kier alpha value is -3.54. The first kappa shape index (κ1) is 37.5. The fourth-order valence-electron chi connectivity index (χ4n) is 3.96. The van der Waals surface area contributed by atoms with Crippen molar-refractivity contribution in [2.24, 2.45) is 11.7 Å². The molecule has 0 aliphatic carbocycles. The molecule has 12 nitrogen and oxygen atoms in total. The van der Waals surface area contributed by atoms with E-state index in [-0.39, 0.29) is 50.1 Å². The van der Waals surface area contributed by atoms with Gasteiger partial charge < -0.3 is 38.9 Å². The molecule has 0 aromatic heterocycles. The zero-order valence-corrected chi connectivity index (χ0v) is 26.4. The largest absolute Gasteiger partial charge is 0.513 e. The minimum atomic E-state index is -1.64. The second-order valence-corrected chi connectivity index (χ2v) is 10.6. The second-order valence-electron chi connectivity index (χ2n) is 10.6. The van der Waals surface area contributed by atoms with E-state index in [1.54, 1.807) is 13.0 Å². The highest BCUT2D eigenvalue weighted by Crippen LogP contribution is 2.32. The van der Waals surface area contributed by atoms with E-state index in [1.165, 1.54) is 19.2 Å². The Labute approximate surface area is 254 Å². The highest BCUT2D eigenvalue weighted by Gasteiger charge is 2.38. The van der Waals surface area contributed by atoms with Gasteiger partial charge in [0.1, 0.15) is 11.6 Å². The van der Waals surface area contributed by atoms with Crippen molar-refractivity contribution in [2.45, 2.75) is 104 Å². The van der Waals surface area contributed by atoms with Crippen molar-refractivity contribution in [3.8, 4) is 11.5 Å². The number of benzene rings is 1. The lowest BCUT2D eigenvalue weighted by Crippen LogP contribution is -2.53. The van der Waals surface area contributed by atoms with E-state index in [0.29, 0.717) is 18.4 Å². The number of esters is 1. The predicted molar refractivity (Wildman–Crippen MR) is 158 cm³/mol. The average Bonchev–Trinajstić information content (AvgIpc) is 2.96. The van der Waals surface area contributed by atoms with Gasteiger partial charge in [0.05, 0.1) is 26.9 Å². The summed E-state index contributed by atoms with van der Waals surface area (Å²) in [5, 5.41) is 0. The number of methoxy groups -OCH3 is 1. The number of unbranched alkanes of at least 4 members (excludes halogenated alkanes) is 4. The summed E-state index contributed by atoms with van der Waals surface area (Å²) in [6, 6.07) is 4.35. The van der Waals surface area contributed by atoms with Gasteiger partial charge in [-0.2, -0.15) is 0 Å². The number of nitrogens with two attached hydrogens (primary N) is 1. The molecule has 0 saturated heterocycles. The number of carbonyl (C=O) groups is 4. The fraction of sp³-hybridized carbons (Fsp3) is 0.677. The van der Waals surface area contributed by atoms with Crippen LogP contribution >= 0.6 is 0 Å². The summed E-state index contributed by atoms with van der Waals surface area (Å²) in [6.07, 6.45) is 2.05. The zero-order valence-electron chi connectivity index (χ0n) is 26.4. The highest BCUT2D eigenvalue weighted by atomic mass is 16.7. The molecule has 1 rings (SSSR count). The number of hydrogen-bond donors (Lipinski definition) is 1. The summed E-state index contributed by atoms with van der Waals surface area (Å²) >= 11 is 0. The molecule has 0 aliphatic heterocycles. The van der Waals surface area contributed by atoms with Crippen molar-refractivity contribution in [3.05, 3.63) is 23.8 Å². The molecule has 1 aromatic rings. The van der Waals surface area contributed by atoms with Gasteiger partial charge in [-0.05, 0) is 43.4 Å². The Balaban J connectivity index is 3.12. The third kappa shape index (κ3) is 15.0. The van der Waals surface area contributed by atoms with Crippen molar-refractivity contribution in [1.82, 2.24) is 0 Å². The zero-order chi connectivity index (χ0) is 32.3. The Morgan fingerprint density at radius 2 is 1.40 bits per heavy atom. The molecule has 0 saturated carbocycles. The molecule has 3 atom stereocenters. The maximum Gasteiger partial charge on any atom is 0.513 e. The Morgan fingerprint density at radius 1 is 0.814 bits per heavy atom. The molecule has 0 fully saturated rings. The standard InChI is InChI=1S/C31H49NO11/c1-7-10-12-16-38-28(34)42-25-15-14-24(18-26(25)43-29(35)39-17-13-11-8-2)20-31(32,27(33)37-6)19-23(5)41-30(36)40-21-22(4)9-3/h14-15,18,22-23H,7-13,16-17,19-21,32H2,1-6H3/t22?,23-,31?/m0/s1. The second kappa shape index (κ2) is 20.4. The molecule has 2 N–H and O–H groups in total. The van der Waals surface area contributed by atoms with Gasteiger partial charge in [0.25, 0.3) is 0 Å². The van der Waals surface area contributed by atoms with Gasteiger partial charge in [-0.1, -0.05) is 65.9 Å². The van der Waals surface area contributed by atoms with E-state index in [4.69, 9.17) is 38.9 Å². The van der Waals surface area contributed by atoms with E-state index in [1.807, 2.05) is 27.7 Å². The molecule has 0 heterocycles. The lowest BCUT2D eigenvalue weighted by atomic mass is 9.86. The van der Waals surface area contributed by atoms with Crippen LogP contribution in [0.25, 0.3) is 0 Å². The van der Waals surface area contributed by atoms with E-state index < -0.39 is 36.1 Å². The van der Waals surface area contributed by atoms with Crippen molar-refractivity contribution in [3.63, 3.8) is 0 Å². The fourth-order valence-corrected chi connectivity index (χ4v) is 3.96. The van der Waals surface area contributed by atoms with Crippen LogP contribution in [-0.4, -0.2) is 63.0 Å². The molecular weight excluding hydrogens is 562 g/mol. The van der Waals surface area contributed by atoms with Crippen LogP contribution in [0.4, 0.5) is 14.4 Å². The quantitative estimate of drug-likeness (QED) is 0.0785. The van der Waals surface area contributed by atoms with E-state index in [0.717, 1.165) is 32.1 Å². The van der Waals surface area contributed by atoms with E-state index in [9.17, 15) is 19.2 Å². The van der Waals surface area contributed by atoms with Crippen LogP contribution in [0.5, 0.6) is 11.5 Å². The van der Waals surface area contributed by atoms with Crippen LogP contribution in [0, 0.1) is 5.92 Å². The van der Waals surface area contributed by atoms with Crippen molar-refractivity contribution in [1.29, 1.82) is 0 Å². The summed E-state index contributed by atoms with van der Waals surface area (Å²) in [5.74, 6) is -0.791. The highest BCUT2D eigenvalue weighted by molar-refractivity contribution is 5.81. The normalized spacial score (nSPS) is 13.6. The first-order chi connectivity index (χ1) is 20.5. The van der Waals surface area contributed by atoms with Crippen LogP contribution in [0.1, 0.15) is 91.5 Å². The van der Waals surface area contributed by atoms with Crippen LogP contribution in [0.15, 0.2) is 18.2 Å². The molecule has 0 amide bonds. The number of ether oxygens (including phenoxy) is 7. The third-order valence-corrected chi connectivity index (χ3v) is 6.57. The molecule has 2 unspecified atom stereocenters. The minimum absolute atomic E-state index is 0.0869. The lowest BCUT2D eigenvalue weighted by molar-refractivity contribution is -0.148. The Morgan fingerprint density at radius 3 is 1.93 bits per heavy atom. The summed E-state index contributed by atoms with van der Waals surface area (Å²) < 4.78 is 36.3. The molecule has 43 heavy (non-hydrogen) atoms. The Kier molecular flexibility index (Phi) is 17.8. The van der Waals surface area contributed by atoms with Gasteiger partial charge in [-0.15, -0.1) is 0 Å². The summed E-state index contributed by atoms with van der Waals surface area (Å²) in [6.45, 7) is 10.1. The van der Waals surface area contributed by atoms with Gasteiger partial charge in [0.15, 0.2) is 11.5 Å². The monoisotopic (exact) mass is 611 g/mol. The van der Waals surface area contributed by atoms with Gasteiger partial charge in [-0.25, -0.2) is 14.4 Å². The number of carbonyl (C=O) groups excluding carboxylic acids is 4. The molecule has 12 heteroatoms. The molecular formula is C31H49NO11. The maximum absolute atomic E-state index is 12.8. The van der Waals surface area contributed by atoms with Gasteiger partial charge in [0.2, 0.25) is 0 Å². The third-order valence-electron chi connectivity index (χ3n) is 6.57. The van der Waals surface area contributed by atoms with Gasteiger partial charge >= 0.3 is 24.4 Å². The van der Waals surface area contributed by atoms with Gasteiger partial charge in [0, 0.05) is 12.8 Å². The number of hydrogen-bond acceptors (Lipinski definition) is 12. The lowest BCUT2D eigenvalue weighted by Gasteiger charge is -2.29. The van der Waals surface area contributed by atoms with E-state index >= 15 is 0 Å². The van der Waals surface area contributed by atoms with Crippen LogP contribution < -0.4 is 15.2 Å². The van der Waals surface area contributed by atoms with Crippen molar-refractivity contribution >= 4 is 24.4 Å². The number of rotatable bonds is 19. The SMILES string of the molecule is CCCCCOC(=O)Oc1ccc(CC(N)(C[C@H](C)OC(=O)OCC(C)CC)C(=O)OC)cc1OC(=O)OCCCCC. The summed E-state index contributed by atoms with van der Waals surface area (Å²) in [7, 11) is 1.20. The summed E-state index contributed by atoms with van der Waals surface area (Å²) in [5.41, 5.74) is 5.31. The minimum Gasteiger partial charge on any atom is -0.468 e.